The summed E-state index contributed by atoms with van der Waals surface area (Å²) in [5, 5.41) is 0. The van der Waals surface area contributed by atoms with Gasteiger partial charge in [-0.05, 0) is 17.9 Å². The van der Waals surface area contributed by atoms with Crippen molar-refractivity contribution in [3.05, 3.63) is 35.4 Å². The zero-order valence-corrected chi connectivity index (χ0v) is 19.9. The lowest BCUT2D eigenvalue weighted by Crippen LogP contribution is -2.48. The summed E-state index contributed by atoms with van der Waals surface area (Å²) in [7, 11) is 16.3. The van der Waals surface area contributed by atoms with Crippen molar-refractivity contribution < 1.29 is 13.4 Å². The van der Waals surface area contributed by atoms with Crippen LogP contribution >= 0.6 is 0 Å². The third kappa shape index (κ3) is 10.3. The first kappa shape index (κ1) is 24.1. The Kier molecular flexibility index (Phi) is 8.98. The van der Waals surface area contributed by atoms with E-state index in [0.29, 0.717) is 5.92 Å². The molecule has 3 heteroatoms. The number of benzene rings is 1. The molecule has 0 aliphatic carbocycles. The molecule has 0 aliphatic rings. The minimum atomic E-state index is 0.661. The van der Waals surface area contributed by atoms with Crippen LogP contribution in [0, 0.1) is 0 Å². The van der Waals surface area contributed by atoms with Crippen molar-refractivity contribution in [1.29, 1.82) is 0 Å². The molecule has 1 atom stereocenters. The van der Waals surface area contributed by atoms with E-state index in [9.17, 15) is 0 Å². The fraction of sp³-hybridized carbons (Fsp3) is 0.750. The van der Waals surface area contributed by atoms with Gasteiger partial charge in [0.1, 0.15) is 6.54 Å². The molecule has 0 N–H and O–H groups in total. The summed E-state index contributed by atoms with van der Waals surface area (Å²) in [6.07, 6.45) is 3.79. The van der Waals surface area contributed by atoms with E-state index in [1.54, 1.807) is 0 Å². The summed E-state index contributed by atoms with van der Waals surface area (Å²) in [5.74, 6) is 0.661. The van der Waals surface area contributed by atoms with Crippen molar-refractivity contribution in [3.8, 4) is 0 Å². The molecule has 3 nitrogen and oxygen atoms in total. The van der Waals surface area contributed by atoms with Crippen LogP contribution in [0.5, 0.6) is 0 Å². The molecular weight excluding hydrogens is 330 g/mol. The summed E-state index contributed by atoms with van der Waals surface area (Å²) < 4.78 is 3.27. The largest absolute Gasteiger partial charge is 0.331 e. The molecule has 0 fully saturated rings. The van der Waals surface area contributed by atoms with Gasteiger partial charge in [-0.1, -0.05) is 38.1 Å². The fourth-order valence-corrected chi connectivity index (χ4v) is 3.75. The van der Waals surface area contributed by atoms with Gasteiger partial charge >= 0.3 is 0 Å². The van der Waals surface area contributed by atoms with Crippen LogP contribution in [0.3, 0.4) is 0 Å². The monoisotopic (exact) mass is 378 g/mol. The van der Waals surface area contributed by atoms with Gasteiger partial charge in [-0.2, -0.15) is 0 Å². The van der Waals surface area contributed by atoms with Crippen LogP contribution in [0.15, 0.2) is 24.3 Å². The smallest absolute Gasteiger partial charge is 0.104 e. The van der Waals surface area contributed by atoms with Crippen LogP contribution in [0.1, 0.15) is 50.2 Å². The number of rotatable bonds is 12. The highest BCUT2D eigenvalue weighted by atomic mass is 15.3. The van der Waals surface area contributed by atoms with Crippen molar-refractivity contribution in [2.24, 2.45) is 0 Å². The normalized spacial score (nSPS) is 14.4. The quantitative estimate of drug-likeness (QED) is 0.475. The molecule has 0 aromatic heterocycles. The topological polar surface area (TPSA) is 0 Å². The average Bonchev–Trinajstić information content (AvgIpc) is 2.52. The fourth-order valence-electron chi connectivity index (χ4n) is 3.75. The summed E-state index contributed by atoms with van der Waals surface area (Å²) in [5.41, 5.74) is 2.96. The summed E-state index contributed by atoms with van der Waals surface area (Å²) in [6, 6.07) is 9.45. The highest BCUT2D eigenvalue weighted by Gasteiger charge is 2.24. The molecule has 0 spiro atoms. The highest BCUT2D eigenvalue weighted by molar-refractivity contribution is 5.24. The zero-order chi connectivity index (χ0) is 20.7. The van der Waals surface area contributed by atoms with E-state index in [2.05, 4.69) is 87.4 Å². The van der Waals surface area contributed by atoms with Crippen molar-refractivity contribution in [2.75, 3.05) is 75.5 Å². The highest BCUT2D eigenvalue weighted by Crippen LogP contribution is 2.21. The Bertz CT molecular complexity index is 514. The second-order valence-electron chi connectivity index (χ2n) is 11.0. The average molecular weight is 379 g/mol. The molecule has 0 heterocycles. The van der Waals surface area contributed by atoms with E-state index < -0.39 is 0 Å². The maximum atomic E-state index is 2.47. The number of hydrogen-bond donors (Lipinski definition) is 0. The van der Waals surface area contributed by atoms with Crippen molar-refractivity contribution in [2.45, 2.75) is 45.6 Å². The van der Waals surface area contributed by atoms with Gasteiger partial charge in [0, 0.05) is 18.4 Å². The Morgan fingerprint density at radius 3 is 1.52 bits per heavy atom. The maximum absolute atomic E-state index is 2.47. The summed E-state index contributed by atoms with van der Waals surface area (Å²) >= 11 is 0. The Balaban J connectivity index is 2.79. The van der Waals surface area contributed by atoms with E-state index in [1.165, 1.54) is 56.6 Å². The van der Waals surface area contributed by atoms with Crippen LogP contribution < -0.4 is 0 Å². The molecule has 1 aromatic rings. The predicted octanol–water partition coefficient (Wildman–Crippen LogP) is 4.34. The van der Waals surface area contributed by atoms with E-state index >= 15 is 0 Å². The van der Waals surface area contributed by atoms with Crippen molar-refractivity contribution >= 4 is 0 Å². The second-order valence-corrected chi connectivity index (χ2v) is 11.0. The van der Waals surface area contributed by atoms with E-state index in [4.69, 9.17) is 0 Å². The van der Waals surface area contributed by atoms with Crippen LogP contribution in [-0.2, 0) is 6.54 Å². The predicted molar refractivity (Wildman–Crippen MR) is 120 cm³/mol. The van der Waals surface area contributed by atoms with E-state index in [-0.39, 0.29) is 0 Å². The molecule has 156 valence electrons. The Hall–Kier alpha value is -0.900. The van der Waals surface area contributed by atoms with Crippen LogP contribution in [-0.4, -0.2) is 89.0 Å². The van der Waals surface area contributed by atoms with Gasteiger partial charge in [0.05, 0.1) is 75.5 Å². The molecular formula is C24H48N3+3. The molecule has 0 amide bonds. The van der Waals surface area contributed by atoms with Gasteiger partial charge in [0.2, 0.25) is 0 Å². The van der Waals surface area contributed by atoms with E-state index in [1.807, 2.05) is 0 Å². The first-order valence-electron chi connectivity index (χ1n) is 10.9. The van der Waals surface area contributed by atoms with Crippen LogP contribution in [0.2, 0.25) is 0 Å². The second kappa shape index (κ2) is 10.0. The Labute approximate surface area is 170 Å². The lowest BCUT2D eigenvalue weighted by Gasteiger charge is -2.37. The number of quaternary nitrogens is 3. The van der Waals surface area contributed by atoms with Crippen LogP contribution in [0.25, 0.3) is 0 Å². The van der Waals surface area contributed by atoms with Gasteiger partial charge in [-0.15, -0.1) is 0 Å². The van der Waals surface area contributed by atoms with Gasteiger partial charge < -0.3 is 13.4 Å². The SMILES string of the molecule is CCC(C)c1ccc(C[N+](C)(CCC[N+](C)(C)C)CCC[N+](C)(C)C)cc1. The summed E-state index contributed by atoms with van der Waals surface area (Å²) in [4.78, 5) is 0. The van der Waals surface area contributed by atoms with Crippen molar-refractivity contribution in [1.82, 2.24) is 0 Å². The van der Waals surface area contributed by atoms with Crippen LogP contribution in [0.4, 0.5) is 0 Å². The van der Waals surface area contributed by atoms with E-state index in [0.717, 1.165) is 20.0 Å². The molecule has 0 aliphatic heterocycles. The Morgan fingerprint density at radius 1 is 0.704 bits per heavy atom. The number of hydrogen-bond acceptors (Lipinski definition) is 0. The molecule has 1 aromatic carbocycles. The third-order valence-corrected chi connectivity index (χ3v) is 5.78. The Morgan fingerprint density at radius 2 is 1.15 bits per heavy atom. The first-order valence-corrected chi connectivity index (χ1v) is 10.9. The maximum Gasteiger partial charge on any atom is 0.104 e. The number of nitrogens with zero attached hydrogens (tertiary/aromatic N) is 3. The van der Waals surface area contributed by atoms with Gasteiger partial charge in [0.25, 0.3) is 0 Å². The van der Waals surface area contributed by atoms with Gasteiger partial charge in [-0.3, -0.25) is 0 Å². The summed E-state index contributed by atoms with van der Waals surface area (Å²) in [6.45, 7) is 10.8. The molecule has 1 unspecified atom stereocenters. The minimum absolute atomic E-state index is 0.661. The minimum Gasteiger partial charge on any atom is -0.331 e. The van der Waals surface area contributed by atoms with Crippen molar-refractivity contribution in [3.63, 3.8) is 0 Å². The molecule has 0 radical (unpaired) electrons. The first-order chi connectivity index (χ1) is 12.3. The molecule has 0 saturated carbocycles. The molecule has 27 heavy (non-hydrogen) atoms. The zero-order valence-electron chi connectivity index (χ0n) is 19.9. The van der Waals surface area contributed by atoms with Gasteiger partial charge in [0.15, 0.2) is 0 Å². The van der Waals surface area contributed by atoms with Gasteiger partial charge in [-0.25, -0.2) is 0 Å². The standard InChI is InChI=1S/C24H48N3/c1-10-22(2)24-15-13-23(14-16-24)21-27(9,19-11-17-25(3,4)5)20-12-18-26(6,7)8/h13-16,22H,10-12,17-21H2,1-9H3/q+3. The molecule has 1 rings (SSSR count). The lowest BCUT2D eigenvalue weighted by molar-refractivity contribution is -0.933. The third-order valence-electron chi connectivity index (χ3n) is 5.78. The molecule has 0 bridgehead atoms. The lowest BCUT2D eigenvalue weighted by atomic mass is 9.97. The molecule has 0 saturated heterocycles.